The first-order valence-corrected chi connectivity index (χ1v) is 7.46. The van der Waals surface area contributed by atoms with Gasteiger partial charge in [0.2, 0.25) is 5.88 Å². The summed E-state index contributed by atoms with van der Waals surface area (Å²) in [6.45, 7) is 0.407. The van der Waals surface area contributed by atoms with Crippen LogP contribution in [0.25, 0.3) is 11.1 Å². The lowest BCUT2D eigenvalue weighted by molar-refractivity contribution is 0.295. The van der Waals surface area contributed by atoms with Crippen LogP contribution in [0.15, 0.2) is 61.1 Å². The third kappa shape index (κ3) is 3.60. The molecule has 0 atom stereocenters. The molecule has 0 aliphatic rings. The molecule has 3 aromatic rings. The van der Waals surface area contributed by atoms with Crippen molar-refractivity contribution >= 4 is 11.6 Å². The summed E-state index contributed by atoms with van der Waals surface area (Å²) in [5.41, 5.74) is 2.70. The maximum atomic E-state index is 5.89. The minimum Gasteiger partial charge on any atom is -0.496 e. The molecule has 3 rings (SSSR count). The monoisotopic (exact) mass is 326 g/mol. The van der Waals surface area contributed by atoms with Crippen LogP contribution in [0.5, 0.6) is 11.6 Å². The molecule has 23 heavy (non-hydrogen) atoms. The van der Waals surface area contributed by atoms with Crippen molar-refractivity contribution in [2.45, 2.75) is 6.61 Å². The number of ether oxygens (including phenoxy) is 2. The SMILES string of the molecule is COc1ccncc1-c1cccnc1OCc1ccc(Cl)cc1. The molecule has 5 heteroatoms. The zero-order valence-corrected chi connectivity index (χ0v) is 13.3. The smallest absolute Gasteiger partial charge is 0.221 e. The Hall–Kier alpha value is -2.59. The Morgan fingerprint density at radius 2 is 1.83 bits per heavy atom. The summed E-state index contributed by atoms with van der Waals surface area (Å²) in [7, 11) is 1.63. The highest BCUT2D eigenvalue weighted by Crippen LogP contribution is 2.34. The second-order valence-corrected chi connectivity index (χ2v) is 5.28. The lowest BCUT2D eigenvalue weighted by Gasteiger charge is -2.12. The number of hydrogen-bond acceptors (Lipinski definition) is 4. The van der Waals surface area contributed by atoms with E-state index < -0.39 is 0 Å². The molecule has 0 saturated carbocycles. The van der Waals surface area contributed by atoms with Crippen LogP contribution in [-0.2, 0) is 6.61 Å². The van der Waals surface area contributed by atoms with Crippen molar-refractivity contribution in [2.24, 2.45) is 0 Å². The van der Waals surface area contributed by atoms with Crippen LogP contribution in [-0.4, -0.2) is 17.1 Å². The van der Waals surface area contributed by atoms with Crippen LogP contribution in [0.4, 0.5) is 0 Å². The van der Waals surface area contributed by atoms with Gasteiger partial charge >= 0.3 is 0 Å². The van der Waals surface area contributed by atoms with Crippen LogP contribution < -0.4 is 9.47 Å². The number of halogens is 1. The van der Waals surface area contributed by atoms with Crippen molar-refractivity contribution in [3.8, 4) is 22.8 Å². The van der Waals surface area contributed by atoms with E-state index >= 15 is 0 Å². The molecule has 0 bridgehead atoms. The number of rotatable bonds is 5. The summed E-state index contributed by atoms with van der Waals surface area (Å²) in [6, 6.07) is 13.1. The largest absolute Gasteiger partial charge is 0.496 e. The van der Waals surface area contributed by atoms with Gasteiger partial charge in [-0.15, -0.1) is 0 Å². The van der Waals surface area contributed by atoms with E-state index in [1.807, 2.05) is 42.5 Å². The third-order valence-corrected chi connectivity index (χ3v) is 3.60. The zero-order valence-electron chi connectivity index (χ0n) is 12.6. The van der Waals surface area contributed by atoms with E-state index in [1.54, 1.807) is 25.7 Å². The summed E-state index contributed by atoms with van der Waals surface area (Å²) in [4.78, 5) is 8.49. The minimum absolute atomic E-state index is 0.407. The molecule has 0 N–H and O–H groups in total. The van der Waals surface area contributed by atoms with Gasteiger partial charge in [0.15, 0.2) is 0 Å². The minimum atomic E-state index is 0.407. The molecule has 0 radical (unpaired) electrons. The molecule has 116 valence electrons. The maximum Gasteiger partial charge on any atom is 0.221 e. The molecule has 0 unspecified atom stereocenters. The van der Waals surface area contributed by atoms with Gasteiger partial charge in [0.05, 0.1) is 7.11 Å². The van der Waals surface area contributed by atoms with Gasteiger partial charge in [-0.25, -0.2) is 4.98 Å². The van der Waals surface area contributed by atoms with Crippen molar-refractivity contribution < 1.29 is 9.47 Å². The molecule has 0 spiro atoms. The van der Waals surface area contributed by atoms with E-state index in [-0.39, 0.29) is 0 Å². The number of benzene rings is 1. The number of methoxy groups -OCH3 is 1. The van der Waals surface area contributed by atoms with Crippen LogP contribution >= 0.6 is 11.6 Å². The molecule has 0 saturated heterocycles. The molecule has 4 nitrogen and oxygen atoms in total. The predicted octanol–water partition coefficient (Wildman–Crippen LogP) is 4.38. The Morgan fingerprint density at radius 3 is 2.61 bits per heavy atom. The Bertz CT molecular complexity index is 791. The number of aromatic nitrogens is 2. The van der Waals surface area contributed by atoms with Gasteiger partial charge in [-0.3, -0.25) is 4.98 Å². The third-order valence-electron chi connectivity index (χ3n) is 3.35. The Kier molecular flexibility index (Phi) is 4.74. The van der Waals surface area contributed by atoms with Gasteiger partial charge < -0.3 is 9.47 Å². The first kappa shape index (κ1) is 15.3. The normalized spacial score (nSPS) is 10.3. The first-order valence-electron chi connectivity index (χ1n) is 7.08. The molecule has 2 heterocycles. The summed E-state index contributed by atoms with van der Waals surface area (Å²) in [6.07, 6.45) is 5.13. The lowest BCUT2D eigenvalue weighted by atomic mass is 10.1. The van der Waals surface area contributed by atoms with Crippen molar-refractivity contribution in [1.29, 1.82) is 0 Å². The van der Waals surface area contributed by atoms with Crippen molar-refractivity contribution in [3.05, 3.63) is 71.6 Å². The topological polar surface area (TPSA) is 44.2 Å². The van der Waals surface area contributed by atoms with Gasteiger partial charge in [0.1, 0.15) is 12.4 Å². The van der Waals surface area contributed by atoms with Gasteiger partial charge in [-0.2, -0.15) is 0 Å². The van der Waals surface area contributed by atoms with Crippen LogP contribution in [0.2, 0.25) is 5.02 Å². The number of pyridine rings is 2. The zero-order chi connectivity index (χ0) is 16.1. The van der Waals surface area contributed by atoms with Crippen LogP contribution in [0.1, 0.15) is 5.56 Å². The Labute approximate surface area is 139 Å². The fourth-order valence-electron chi connectivity index (χ4n) is 2.21. The van der Waals surface area contributed by atoms with Crippen molar-refractivity contribution in [1.82, 2.24) is 9.97 Å². The first-order chi connectivity index (χ1) is 11.3. The second-order valence-electron chi connectivity index (χ2n) is 4.85. The molecular formula is C18H15ClN2O2. The lowest BCUT2D eigenvalue weighted by Crippen LogP contribution is -1.99. The number of nitrogens with zero attached hydrogens (tertiary/aromatic N) is 2. The average Bonchev–Trinajstić information content (AvgIpc) is 2.61. The highest BCUT2D eigenvalue weighted by Gasteiger charge is 2.12. The molecule has 0 aliphatic carbocycles. The van der Waals surface area contributed by atoms with E-state index in [2.05, 4.69) is 9.97 Å². The van der Waals surface area contributed by atoms with Crippen LogP contribution in [0, 0.1) is 0 Å². The second kappa shape index (κ2) is 7.11. The summed E-state index contributed by atoms with van der Waals surface area (Å²) in [5, 5.41) is 0.701. The van der Waals surface area contributed by atoms with E-state index in [9.17, 15) is 0 Å². The summed E-state index contributed by atoms with van der Waals surface area (Å²) in [5.74, 6) is 1.26. The predicted molar refractivity (Wildman–Crippen MR) is 89.8 cm³/mol. The van der Waals surface area contributed by atoms with E-state index in [4.69, 9.17) is 21.1 Å². The highest BCUT2D eigenvalue weighted by molar-refractivity contribution is 6.30. The molecule has 0 fully saturated rings. The number of hydrogen-bond donors (Lipinski definition) is 0. The molecule has 0 amide bonds. The van der Waals surface area contributed by atoms with Gasteiger partial charge in [-0.1, -0.05) is 23.7 Å². The van der Waals surface area contributed by atoms with Crippen molar-refractivity contribution in [3.63, 3.8) is 0 Å². The fourth-order valence-corrected chi connectivity index (χ4v) is 2.33. The van der Waals surface area contributed by atoms with E-state index in [0.29, 0.717) is 17.5 Å². The Morgan fingerprint density at radius 1 is 1.00 bits per heavy atom. The van der Waals surface area contributed by atoms with Gasteiger partial charge in [0.25, 0.3) is 0 Å². The van der Waals surface area contributed by atoms with E-state index in [0.717, 1.165) is 22.4 Å². The van der Waals surface area contributed by atoms with Gasteiger partial charge in [0, 0.05) is 34.7 Å². The summed E-state index contributed by atoms with van der Waals surface area (Å²) >= 11 is 5.89. The van der Waals surface area contributed by atoms with Gasteiger partial charge in [-0.05, 0) is 35.9 Å². The Balaban J connectivity index is 1.87. The van der Waals surface area contributed by atoms with Crippen LogP contribution in [0.3, 0.4) is 0 Å². The maximum absolute atomic E-state index is 5.89. The molecule has 0 aliphatic heterocycles. The molecule has 2 aromatic heterocycles. The molecular weight excluding hydrogens is 312 g/mol. The highest BCUT2D eigenvalue weighted by atomic mass is 35.5. The van der Waals surface area contributed by atoms with Crippen molar-refractivity contribution in [2.75, 3.05) is 7.11 Å². The standard InChI is InChI=1S/C18H15ClN2O2/c1-22-17-8-10-20-11-16(17)15-3-2-9-21-18(15)23-12-13-4-6-14(19)7-5-13/h2-11H,12H2,1H3. The summed E-state index contributed by atoms with van der Waals surface area (Å²) < 4.78 is 11.3. The molecule has 1 aromatic carbocycles. The fraction of sp³-hybridized carbons (Fsp3) is 0.111. The quantitative estimate of drug-likeness (QED) is 0.697. The van der Waals surface area contributed by atoms with E-state index in [1.165, 1.54) is 0 Å². The average molecular weight is 327 g/mol.